The van der Waals surface area contributed by atoms with Gasteiger partial charge in [-0.2, -0.15) is 0 Å². The van der Waals surface area contributed by atoms with E-state index in [1.807, 2.05) is 31.2 Å². The van der Waals surface area contributed by atoms with Crippen molar-refractivity contribution in [2.24, 2.45) is 0 Å². The predicted molar refractivity (Wildman–Crippen MR) is 68.9 cm³/mol. The van der Waals surface area contributed by atoms with Crippen LogP contribution in [-0.2, 0) is 17.8 Å². The van der Waals surface area contributed by atoms with Gasteiger partial charge < -0.3 is 11.1 Å². The first-order chi connectivity index (χ1) is 8.69. The van der Waals surface area contributed by atoms with E-state index in [4.69, 9.17) is 5.73 Å². The fourth-order valence-electron chi connectivity index (χ4n) is 1.68. The number of nitrogen functional groups attached to an aromatic ring is 1. The largest absolute Gasteiger partial charge is 0.381 e. The van der Waals surface area contributed by atoms with E-state index in [1.165, 1.54) is 10.9 Å². The molecule has 2 rings (SSSR count). The third-order valence-corrected chi connectivity index (χ3v) is 2.53. The minimum atomic E-state index is -0.152. The van der Waals surface area contributed by atoms with Gasteiger partial charge in [0, 0.05) is 5.69 Å². The fraction of sp³-hybridized carbons (Fsp3) is 0.250. The van der Waals surface area contributed by atoms with Crippen LogP contribution >= 0.6 is 0 Å². The Bertz CT molecular complexity index is 549. The molecule has 1 amide bonds. The fourth-order valence-corrected chi connectivity index (χ4v) is 1.68. The molecule has 0 spiro atoms. The van der Waals surface area contributed by atoms with Crippen LogP contribution in [0.4, 0.5) is 11.5 Å². The summed E-state index contributed by atoms with van der Waals surface area (Å²) in [6.07, 6.45) is 2.39. The van der Waals surface area contributed by atoms with Crippen molar-refractivity contribution in [2.75, 3.05) is 11.1 Å². The highest BCUT2D eigenvalue weighted by Gasteiger charge is 2.07. The normalized spacial score (nSPS) is 10.3. The summed E-state index contributed by atoms with van der Waals surface area (Å²) in [5.41, 5.74) is 7.36. The van der Waals surface area contributed by atoms with Gasteiger partial charge in [0.15, 0.2) is 5.82 Å². The summed E-state index contributed by atoms with van der Waals surface area (Å²) >= 11 is 0. The zero-order valence-electron chi connectivity index (χ0n) is 10.1. The smallest absolute Gasteiger partial charge is 0.246 e. The molecule has 0 atom stereocenters. The molecule has 3 N–H and O–H groups in total. The Morgan fingerprint density at radius 2 is 2.22 bits per heavy atom. The second-order valence-corrected chi connectivity index (χ2v) is 3.90. The van der Waals surface area contributed by atoms with Gasteiger partial charge in [-0.15, -0.1) is 5.10 Å². The maximum absolute atomic E-state index is 11.8. The van der Waals surface area contributed by atoms with E-state index in [1.54, 1.807) is 0 Å². The van der Waals surface area contributed by atoms with E-state index >= 15 is 0 Å². The first-order valence-electron chi connectivity index (χ1n) is 5.72. The second kappa shape index (κ2) is 5.31. The number of nitrogens with one attached hydrogen (secondary N) is 1. The molecule has 94 valence electrons. The molecule has 0 unspecified atom stereocenters. The number of aryl methyl sites for hydroxylation is 1. The number of carbonyl (C=O) groups is 1. The Balaban J connectivity index is 2.03. The van der Waals surface area contributed by atoms with Gasteiger partial charge in [-0.05, 0) is 18.1 Å². The number of rotatable bonds is 4. The molecule has 0 radical (unpaired) electrons. The maximum atomic E-state index is 11.8. The summed E-state index contributed by atoms with van der Waals surface area (Å²) in [6, 6.07) is 7.71. The van der Waals surface area contributed by atoms with E-state index in [9.17, 15) is 4.79 Å². The Labute approximate surface area is 105 Å². The van der Waals surface area contributed by atoms with Crippen LogP contribution in [0.15, 0.2) is 30.5 Å². The Hall–Kier alpha value is -2.37. The van der Waals surface area contributed by atoms with Crippen LogP contribution in [0.2, 0.25) is 0 Å². The molecular formula is C12H15N5O. The molecule has 0 aliphatic carbocycles. The van der Waals surface area contributed by atoms with E-state index in [0.717, 1.165) is 17.7 Å². The first kappa shape index (κ1) is 12.1. The van der Waals surface area contributed by atoms with Crippen molar-refractivity contribution < 1.29 is 4.79 Å². The number of para-hydroxylation sites is 1. The summed E-state index contributed by atoms with van der Waals surface area (Å²) in [5.74, 6) is 0.151. The average molecular weight is 245 g/mol. The van der Waals surface area contributed by atoms with Crippen LogP contribution in [0.1, 0.15) is 12.5 Å². The van der Waals surface area contributed by atoms with Crippen LogP contribution < -0.4 is 11.1 Å². The molecule has 0 aliphatic heterocycles. The molecule has 6 nitrogen and oxygen atoms in total. The van der Waals surface area contributed by atoms with E-state index in [-0.39, 0.29) is 12.5 Å². The van der Waals surface area contributed by atoms with Crippen molar-refractivity contribution in [3.63, 3.8) is 0 Å². The highest BCUT2D eigenvalue weighted by Crippen LogP contribution is 2.15. The number of anilines is 2. The summed E-state index contributed by atoms with van der Waals surface area (Å²) in [6.45, 7) is 2.14. The van der Waals surface area contributed by atoms with Crippen molar-refractivity contribution in [2.45, 2.75) is 19.9 Å². The maximum Gasteiger partial charge on any atom is 0.246 e. The van der Waals surface area contributed by atoms with Gasteiger partial charge in [0.1, 0.15) is 6.54 Å². The summed E-state index contributed by atoms with van der Waals surface area (Å²) < 4.78 is 1.40. The van der Waals surface area contributed by atoms with Crippen LogP contribution in [0.25, 0.3) is 0 Å². The second-order valence-electron chi connectivity index (χ2n) is 3.90. The highest BCUT2D eigenvalue weighted by atomic mass is 16.2. The van der Waals surface area contributed by atoms with Crippen molar-refractivity contribution in [1.29, 1.82) is 0 Å². The van der Waals surface area contributed by atoms with Gasteiger partial charge in [-0.1, -0.05) is 30.3 Å². The van der Waals surface area contributed by atoms with Gasteiger partial charge in [0.05, 0.1) is 6.20 Å². The minimum Gasteiger partial charge on any atom is -0.381 e. The monoisotopic (exact) mass is 245 g/mol. The van der Waals surface area contributed by atoms with Gasteiger partial charge in [-0.3, -0.25) is 4.79 Å². The van der Waals surface area contributed by atoms with Crippen LogP contribution in [0.3, 0.4) is 0 Å². The lowest BCUT2D eigenvalue weighted by molar-refractivity contribution is -0.116. The highest BCUT2D eigenvalue weighted by molar-refractivity contribution is 5.91. The Morgan fingerprint density at radius 1 is 1.44 bits per heavy atom. The SMILES string of the molecule is CCc1ccccc1NC(=O)Cn1cc(N)nn1. The molecule has 2 aromatic rings. The Kier molecular flexibility index (Phi) is 3.57. The molecule has 0 aliphatic rings. The number of nitrogens with two attached hydrogens (primary N) is 1. The molecular weight excluding hydrogens is 230 g/mol. The lowest BCUT2D eigenvalue weighted by Gasteiger charge is -2.09. The number of amides is 1. The number of aromatic nitrogens is 3. The van der Waals surface area contributed by atoms with Crippen LogP contribution in [0, 0.1) is 0 Å². The van der Waals surface area contributed by atoms with Crippen molar-refractivity contribution in [1.82, 2.24) is 15.0 Å². The molecule has 0 bridgehead atoms. The minimum absolute atomic E-state index is 0.0995. The predicted octanol–water partition coefficient (Wildman–Crippen LogP) is 1.06. The summed E-state index contributed by atoms with van der Waals surface area (Å²) in [5, 5.41) is 10.2. The quantitative estimate of drug-likeness (QED) is 0.843. The molecule has 6 heteroatoms. The number of nitrogens with zero attached hydrogens (tertiary/aromatic N) is 3. The van der Waals surface area contributed by atoms with E-state index in [0.29, 0.717) is 5.82 Å². The van der Waals surface area contributed by atoms with Gasteiger partial charge >= 0.3 is 0 Å². The summed E-state index contributed by atoms with van der Waals surface area (Å²) in [4.78, 5) is 11.8. The molecule has 0 saturated heterocycles. The van der Waals surface area contributed by atoms with Gasteiger partial charge in [-0.25, -0.2) is 4.68 Å². The summed E-state index contributed by atoms with van der Waals surface area (Å²) in [7, 11) is 0. The standard InChI is InChI=1S/C12H15N5O/c1-2-9-5-3-4-6-10(9)14-12(18)8-17-7-11(13)15-16-17/h3-7H,2,8,13H2,1H3,(H,14,18). The lowest BCUT2D eigenvalue weighted by Crippen LogP contribution is -2.19. The number of hydrogen-bond donors (Lipinski definition) is 2. The van der Waals surface area contributed by atoms with E-state index < -0.39 is 0 Å². The molecule has 1 heterocycles. The lowest BCUT2D eigenvalue weighted by atomic mass is 10.1. The van der Waals surface area contributed by atoms with Crippen molar-refractivity contribution in [3.05, 3.63) is 36.0 Å². The molecule has 18 heavy (non-hydrogen) atoms. The van der Waals surface area contributed by atoms with Crippen LogP contribution in [-0.4, -0.2) is 20.9 Å². The topological polar surface area (TPSA) is 85.8 Å². The number of hydrogen-bond acceptors (Lipinski definition) is 4. The van der Waals surface area contributed by atoms with Crippen molar-refractivity contribution in [3.8, 4) is 0 Å². The first-order valence-corrected chi connectivity index (χ1v) is 5.72. The molecule has 0 fully saturated rings. The third-order valence-electron chi connectivity index (χ3n) is 2.53. The Morgan fingerprint density at radius 3 is 2.89 bits per heavy atom. The van der Waals surface area contributed by atoms with Crippen molar-refractivity contribution >= 4 is 17.4 Å². The van der Waals surface area contributed by atoms with E-state index in [2.05, 4.69) is 15.6 Å². The van der Waals surface area contributed by atoms with Gasteiger partial charge in [0.2, 0.25) is 5.91 Å². The third kappa shape index (κ3) is 2.85. The molecule has 1 aromatic carbocycles. The zero-order chi connectivity index (χ0) is 13.0. The number of benzene rings is 1. The number of carbonyl (C=O) groups excluding carboxylic acids is 1. The van der Waals surface area contributed by atoms with Crippen LogP contribution in [0.5, 0.6) is 0 Å². The molecule has 1 aromatic heterocycles. The van der Waals surface area contributed by atoms with Gasteiger partial charge in [0.25, 0.3) is 0 Å². The molecule has 0 saturated carbocycles. The zero-order valence-corrected chi connectivity index (χ0v) is 10.1. The average Bonchev–Trinajstić information content (AvgIpc) is 2.75.